The predicted molar refractivity (Wildman–Crippen MR) is 141 cm³/mol. The summed E-state index contributed by atoms with van der Waals surface area (Å²) >= 11 is 0. The molecule has 1 fully saturated rings. The Kier molecular flexibility index (Phi) is 5.83. The molecule has 0 saturated carbocycles. The van der Waals surface area contributed by atoms with E-state index in [0.717, 1.165) is 54.0 Å². The van der Waals surface area contributed by atoms with Crippen LogP contribution in [0.5, 0.6) is 0 Å². The van der Waals surface area contributed by atoms with Gasteiger partial charge < -0.3 is 15.1 Å². The van der Waals surface area contributed by atoms with Crippen LogP contribution in [-0.4, -0.2) is 91.1 Å². The van der Waals surface area contributed by atoms with E-state index in [9.17, 15) is 4.79 Å². The van der Waals surface area contributed by atoms with Crippen LogP contribution >= 0.6 is 0 Å². The maximum Gasteiger partial charge on any atom is 0.257 e. The highest BCUT2D eigenvalue weighted by molar-refractivity contribution is 6.59. The van der Waals surface area contributed by atoms with Crippen molar-refractivity contribution in [3.05, 3.63) is 60.6 Å². The van der Waals surface area contributed by atoms with Crippen LogP contribution in [0, 0.1) is 0 Å². The molecule has 9 nitrogen and oxygen atoms in total. The second-order valence-electron chi connectivity index (χ2n) is 9.49. The molecule has 1 saturated heterocycles. The highest BCUT2D eigenvalue weighted by Gasteiger charge is 2.26. The summed E-state index contributed by atoms with van der Waals surface area (Å²) in [6.45, 7) is 3.69. The van der Waals surface area contributed by atoms with Crippen molar-refractivity contribution in [3.8, 4) is 11.1 Å². The van der Waals surface area contributed by atoms with Crippen molar-refractivity contribution in [1.29, 1.82) is 0 Å². The van der Waals surface area contributed by atoms with E-state index < -0.39 is 0 Å². The number of carbonyl (C=O) groups is 1. The minimum atomic E-state index is -0.239. The Bertz CT molecular complexity index is 1320. The molecule has 3 aromatic heterocycles. The Morgan fingerprint density at radius 2 is 1.82 bits per heavy atom. The zero-order chi connectivity index (χ0) is 23.7. The third-order valence-electron chi connectivity index (χ3n) is 6.22. The average molecular weight is 450 g/mol. The van der Waals surface area contributed by atoms with E-state index in [-0.39, 0.29) is 11.1 Å². The van der Waals surface area contributed by atoms with E-state index in [0.29, 0.717) is 11.4 Å². The van der Waals surface area contributed by atoms with Gasteiger partial charge >= 0.3 is 0 Å². The summed E-state index contributed by atoms with van der Waals surface area (Å²) in [6.07, 6.45) is 5.29. The number of hydrogen-bond acceptors (Lipinski definition) is 7. The van der Waals surface area contributed by atoms with Gasteiger partial charge in [0.1, 0.15) is 29.4 Å². The molecule has 4 heterocycles. The predicted octanol–water partition coefficient (Wildman–Crippen LogP) is -0.700. The van der Waals surface area contributed by atoms with Crippen LogP contribution in [0.25, 0.3) is 22.0 Å². The molecule has 0 bridgehead atoms. The van der Waals surface area contributed by atoms with Gasteiger partial charge in [-0.15, -0.1) is 10.2 Å². The van der Waals surface area contributed by atoms with Gasteiger partial charge in [0.05, 0.1) is 11.7 Å². The van der Waals surface area contributed by atoms with Crippen LogP contribution in [0.1, 0.15) is 10.4 Å². The lowest BCUT2D eigenvalue weighted by atomic mass is 9.48. The van der Waals surface area contributed by atoms with Crippen molar-refractivity contribution >= 4 is 52.0 Å². The molecule has 34 heavy (non-hydrogen) atoms. The van der Waals surface area contributed by atoms with Gasteiger partial charge in [0, 0.05) is 55.1 Å². The van der Waals surface area contributed by atoms with Crippen LogP contribution in [0.4, 0.5) is 11.6 Å². The van der Waals surface area contributed by atoms with Gasteiger partial charge in [-0.2, -0.15) is 5.10 Å². The molecule has 0 aliphatic carbocycles. The van der Waals surface area contributed by atoms with Crippen LogP contribution < -0.4 is 10.2 Å². The van der Waals surface area contributed by atoms with Crippen molar-refractivity contribution in [2.75, 3.05) is 36.4 Å². The molecule has 0 atom stereocenters. The number of aromatic nitrogens is 5. The third kappa shape index (κ3) is 4.67. The molecule has 5 rings (SSSR count). The van der Waals surface area contributed by atoms with Crippen LogP contribution in [0.3, 0.4) is 0 Å². The van der Waals surface area contributed by atoms with E-state index in [4.69, 9.17) is 0 Å². The number of nitrogens with zero attached hydrogens (tertiary/aromatic N) is 6. The molecule has 0 unspecified atom stereocenters. The molecule has 1 aliphatic heterocycles. The number of H-pyrrole nitrogens is 1. The Hall–Kier alpha value is -3.66. The highest BCUT2D eigenvalue weighted by atomic mass is 16.1. The van der Waals surface area contributed by atoms with E-state index >= 15 is 0 Å². The number of benzene rings is 1. The van der Waals surface area contributed by atoms with E-state index in [1.807, 2.05) is 36.5 Å². The summed E-state index contributed by atoms with van der Waals surface area (Å²) in [6, 6.07) is 11.3. The molecule has 4 aromatic rings. The molecule has 12 heteroatoms. The Labute approximate surface area is 200 Å². The van der Waals surface area contributed by atoms with Gasteiger partial charge in [0.25, 0.3) is 5.91 Å². The number of anilines is 2. The summed E-state index contributed by atoms with van der Waals surface area (Å²) < 4.78 is 0. The Morgan fingerprint density at radius 3 is 2.56 bits per heavy atom. The number of amides is 1. The first-order chi connectivity index (χ1) is 16.4. The Balaban J connectivity index is 1.31. The van der Waals surface area contributed by atoms with Gasteiger partial charge in [-0.1, -0.05) is 11.3 Å². The van der Waals surface area contributed by atoms with Crippen molar-refractivity contribution in [3.63, 3.8) is 0 Å². The van der Waals surface area contributed by atoms with Crippen LogP contribution in [0.2, 0.25) is 0 Å². The van der Waals surface area contributed by atoms with E-state index in [2.05, 4.69) is 64.0 Å². The molecular formula is C22H25B3N8O. The molecular weight excluding hydrogens is 425 g/mol. The molecule has 0 spiro atoms. The number of nitrogens with one attached hydrogen (secondary N) is 2. The Morgan fingerprint density at radius 1 is 1.00 bits per heavy atom. The summed E-state index contributed by atoms with van der Waals surface area (Å²) in [5.74, 6) is 0.978. The van der Waals surface area contributed by atoms with Crippen LogP contribution in [0.15, 0.2) is 55.0 Å². The largest absolute Gasteiger partial charge is 0.354 e. The number of piperazine rings is 1. The SMILES string of the molecule is BC(B)(B)N1CCN(c2cc(C(=O)Nc3cc4cc(-c5cn[nH]c5)ccc4nn3)ccn2)CC1. The standard InChI is InChI=1S/C22H25B3N8O/c23-22(24,25)33-7-5-32(6-8-33)20-11-15(3-4-26-20)21(34)29-19-10-16-9-14(17-12-27-28-13-17)1-2-18(16)30-31-19/h1-4,9-13H,5-8,23-25H2,(H,27,28)(H,29,31,34). The smallest absolute Gasteiger partial charge is 0.257 e. The summed E-state index contributed by atoms with van der Waals surface area (Å²) in [4.78, 5) is 22.2. The van der Waals surface area contributed by atoms with Gasteiger partial charge in [-0.25, -0.2) is 4.98 Å². The second-order valence-corrected chi connectivity index (χ2v) is 9.49. The fourth-order valence-corrected chi connectivity index (χ4v) is 4.22. The quantitative estimate of drug-likeness (QED) is 0.388. The molecule has 168 valence electrons. The van der Waals surface area contributed by atoms with Crippen molar-refractivity contribution in [2.45, 2.75) is 5.24 Å². The minimum Gasteiger partial charge on any atom is -0.354 e. The third-order valence-corrected chi connectivity index (χ3v) is 6.22. The lowest BCUT2D eigenvalue weighted by molar-refractivity contribution is 0.102. The normalized spacial score (nSPS) is 14.9. The summed E-state index contributed by atoms with van der Waals surface area (Å²) in [7, 11) is 6.71. The van der Waals surface area contributed by atoms with E-state index in [1.54, 1.807) is 18.5 Å². The van der Waals surface area contributed by atoms with Gasteiger partial charge in [-0.3, -0.25) is 9.89 Å². The topological polar surface area (TPSA) is 103 Å². The molecule has 2 N–H and O–H groups in total. The molecule has 1 aliphatic rings. The zero-order valence-corrected chi connectivity index (χ0v) is 19.6. The fourth-order valence-electron chi connectivity index (χ4n) is 4.22. The van der Waals surface area contributed by atoms with Gasteiger partial charge in [0.15, 0.2) is 5.82 Å². The maximum atomic E-state index is 13.0. The minimum absolute atomic E-state index is 0.154. The lowest BCUT2D eigenvalue weighted by Gasteiger charge is -2.43. The van der Waals surface area contributed by atoms with Gasteiger partial charge in [-0.05, 0) is 35.9 Å². The number of hydrogen-bond donors (Lipinski definition) is 2. The maximum absolute atomic E-state index is 13.0. The number of fused-ring (bicyclic) bond motifs is 1. The van der Waals surface area contributed by atoms with E-state index in [1.165, 1.54) is 0 Å². The number of pyridine rings is 1. The summed E-state index contributed by atoms with van der Waals surface area (Å²) in [5.41, 5.74) is 3.29. The number of aromatic amines is 1. The first-order valence-electron chi connectivity index (χ1n) is 11.4. The molecule has 0 radical (unpaired) electrons. The van der Waals surface area contributed by atoms with Crippen molar-refractivity contribution in [2.24, 2.45) is 0 Å². The van der Waals surface area contributed by atoms with Crippen molar-refractivity contribution < 1.29 is 4.79 Å². The zero-order valence-electron chi connectivity index (χ0n) is 19.6. The number of rotatable bonds is 5. The van der Waals surface area contributed by atoms with Crippen LogP contribution in [-0.2, 0) is 0 Å². The van der Waals surface area contributed by atoms with Gasteiger partial charge in [0.2, 0.25) is 0 Å². The number of carbonyl (C=O) groups excluding carboxylic acids is 1. The monoisotopic (exact) mass is 450 g/mol. The highest BCUT2D eigenvalue weighted by Crippen LogP contribution is 2.24. The van der Waals surface area contributed by atoms with Crippen molar-refractivity contribution in [1.82, 2.24) is 30.3 Å². The molecule has 1 aromatic carbocycles. The first-order valence-corrected chi connectivity index (χ1v) is 11.4. The summed E-state index contributed by atoms with van der Waals surface area (Å²) in [5, 5.41) is 19.2. The molecule has 1 amide bonds. The lowest BCUT2D eigenvalue weighted by Crippen LogP contribution is -2.58. The fraction of sp³-hybridized carbons (Fsp3) is 0.227. The second kappa shape index (κ2) is 8.94. The average Bonchev–Trinajstić information content (AvgIpc) is 3.38. The first kappa shape index (κ1) is 22.2.